The molecule has 0 fully saturated rings. The Bertz CT molecular complexity index is 358. The van der Waals surface area contributed by atoms with Crippen LogP contribution >= 0.6 is 0 Å². The Morgan fingerprint density at radius 3 is 2.61 bits per heavy atom. The second kappa shape index (κ2) is 6.76. The minimum atomic E-state index is 0.135. The predicted molar refractivity (Wildman–Crippen MR) is 74.8 cm³/mol. The number of aliphatic hydroxyl groups is 1. The Morgan fingerprint density at radius 2 is 2.06 bits per heavy atom. The summed E-state index contributed by atoms with van der Waals surface area (Å²) in [6.45, 7) is 7.47. The van der Waals surface area contributed by atoms with E-state index in [4.69, 9.17) is 4.74 Å². The summed E-state index contributed by atoms with van der Waals surface area (Å²) in [6.07, 6.45) is 0.952. The molecule has 0 aliphatic rings. The number of rotatable bonds is 6. The summed E-state index contributed by atoms with van der Waals surface area (Å²) in [7, 11) is 1.67. The fraction of sp³-hybridized carbons (Fsp3) is 0.600. The molecule has 1 rings (SSSR count). The van der Waals surface area contributed by atoms with Crippen LogP contribution in [-0.2, 0) is 6.54 Å². The molecule has 1 aromatic carbocycles. The first-order valence-corrected chi connectivity index (χ1v) is 6.42. The van der Waals surface area contributed by atoms with Crippen molar-refractivity contribution in [1.82, 2.24) is 5.32 Å². The molecule has 1 unspecified atom stereocenters. The van der Waals surface area contributed by atoms with Crippen LogP contribution in [0.3, 0.4) is 0 Å². The first-order chi connectivity index (χ1) is 8.44. The smallest absolute Gasteiger partial charge is 0.119 e. The van der Waals surface area contributed by atoms with E-state index in [2.05, 4.69) is 32.2 Å². The number of benzene rings is 1. The van der Waals surface area contributed by atoms with Crippen molar-refractivity contribution in [3.63, 3.8) is 0 Å². The first kappa shape index (κ1) is 15.0. The van der Waals surface area contributed by atoms with Crippen LogP contribution in [0.25, 0.3) is 0 Å². The van der Waals surface area contributed by atoms with Crippen molar-refractivity contribution in [3.8, 4) is 5.75 Å². The van der Waals surface area contributed by atoms with Gasteiger partial charge in [-0.2, -0.15) is 0 Å². The highest BCUT2D eigenvalue weighted by Gasteiger charge is 2.17. The van der Waals surface area contributed by atoms with E-state index in [1.807, 2.05) is 18.2 Å². The summed E-state index contributed by atoms with van der Waals surface area (Å²) < 4.78 is 5.19. The third-order valence-corrected chi connectivity index (χ3v) is 2.81. The van der Waals surface area contributed by atoms with Crippen molar-refractivity contribution in [2.75, 3.05) is 13.7 Å². The number of methoxy groups -OCH3 is 1. The van der Waals surface area contributed by atoms with E-state index in [1.165, 1.54) is 5.56 Å². The topological polar surface area (TPSA) is 41.5 Å². The molecule has 0 heterocycles. The van der Waals surface area contributed by atoms with E-state index in [0.29, 0.717) is 0 Å². The van der Waals surface area contributed by atoms with Crippen LogP contribution in [0.2, 0.25) is 0 Å². The van der Waals surface area contributed by atoms with Crippen molar-refractivity contribution in [2.24, 2.45) is 5.41 Å². The summed E-state index contributed by atoms with van der Waals surface area (Å²) >= 11 is 0. The molecule has 1 atom stereocenters. The zero-order valence-electron chi connectivity index (χ0n) is 11.9. The lowest BCUT2D eigenvalue weighted by Gasteiger charge is -2.25. The molecule has 102 valence electrons. The standard InChI is InChI=1S/C15H25NO2/c1-15(2,3)9-13(11-17)16-10-12-6-5-7-14(8-12)18-4/h5-8,13,16-17H,9-11H2,1-4H3. The normalized spacial score (nSPS) is 13.4. The van der Waals surface area contributed by atoms with E-state index in [0.717, 1.165) is 18.7 Å². The minimum Gasteiger partial charge on any atom is -0.497 e. The van der Waals surface area contributed by atoms with Gasteiger partial charge in [-0.05, 0) is 29.5 Å². The maximum absolute atomic E-state index is 9.38. The quantitative estimate of drug-likeness (QED) is 0.816. The predicted octanol–water partition coefficient (Wildman–Crippen LogP) is 2.58. The number of hydrogen-bond acceptors (Lipinski definition) is 3. The molecular weight excluding hydrogens is 226 g/mol. The van der Waals surface area contributed by atoms with Gasteiger partial charge in [-0.1, -0.05) is 32.9 Å². The molecule has 3 nitrogen and oxygen atoms in total. The summed E-state index contributed by atoms with van der Waals surface area (Å²) in [4.78, 5) is 0. The fourth-order valence-corrected chi connectivity index (χ4v) is 1.99. The molecule has 18 heavy (non-hydrogen) atoms. The molecule has 0 spiro atoms. The number of aliphatic hydroxyl groups excluding tert-OH is 1. The van der Waals surface area contributed by atoms with E-state index >= 15 is 0 Å². The Labute approximate surface area is 110 Å². The van der Waals surface area contributed by atoms with Crippen LogP contribution in [0, 0.1) is 5.41 Å². The summed E-state index contributed by atoms with van der Waals surface area (Å²) in [5.74, 6) is 0.866. The molecule has 0 saturated carbocycles. The van der Waals surface area contributed by atoms with Gasteiger partial charge in [0, 0.05) is 12.6 Å². The van der Waals surface area contributed by atoms with Gasteiger partial charge in [-0.25, -0.2) is 0 Å². The first-order valence-electron chi connectivity index (χ1n) is 6.42. The van der Waals surface area contributed by atoms with Gasteiger partial charge < -0.3 is 15.2 Å². The number of ether oxygens (including phenoxy) is 1. The van der Waals surface area contributed by atoms with Gasteiger partial charge in [0.1, 0.15) is 5.75 Å². The molecule has 0 bridgehead atoms. The zero-order chi connectivity index (χ0) is 13.6. The molecule has 0 radical (unpaired) electrons. The number of hydrogen-bond donors (Lipinski definition) is 2. The lowest BCUT2D eigenvalue weighted by atomic mass is 9.88. The Balaban J connectivity index is 2.51. The average Bonchev–Trinajstić information content (AvgIpc) is 2.33. The summed E-state index contributed by atoms with van der Waals surface area (Å²) in [5, 5.41) is 12.8. The van der Waals surface area contributed by atoms with Gasteiger partial charge in [-0.15, -0.1) is 0 Å². The molecule has 2 N–H and O–H groups in total. The highest BCUT2D eigenvalue weighted by molar-refractivity contribution is 5.28. The van der Waals surface area contributed by atoms with Gasteiger partial charge in [0.25, 0.3) is 0 Å². The second-order valence-electron chi connectivity index (χ2n) is 5.88. The molecule has 1 aromatic rings. The van der Waals surface area contributed by atoms with Gasteiger partial charge in [0.15, 0.2) is 0 Å². The van der Waals surface area contributed by atoms with Crippen molar-refractivity contribution >= 4 is 0 Å². The third kappa shape index (κ3) is 5.52. The molecule has 0 saturated heterocycles. The molecular formula is C15H25NO2. The molecule has 0 aromatic heterocycles. The maximum atomic E-state index is 9.38. The zero-order valence-corrected chi connectivity index (χ0v) is 11.9. The molecule has 0 aliphatic carbocycles. The minimum absolute atomic E-state index is 0.135. The molecule has 0 aliphatic heterocycles. The monoisotopic (exact) mass is 251 g/mol. The highest BCUT2D eigenvalue weighted by Crippen LogP contribution is 2.21. The Hall–Kier alpha value is -1.06. The van der Waals surface area contributed by atoms with Crippen LogP contribution in [-0.4, -0.2) is 24.9 Å². The lowest BCUT2D eigenvalue weighted by molar-refractivity contribution is 0.198. The fourth-order valence-electron chi connectivity index (χ4n) is 1.99. The average molecular weight is 251 g/mol. The lowest BCUT2D eigenvalue weighted by Crippen LogP contribution is -2.35. The van der Waals surface area contributed by atoms with Crippen LogP contribution in [0.5, 0.6) is 5.75 Å². The van der Waals surface area contributed by atoms with Crippen LogP contribution in [0.1, 0.15) is 32.8 Å². The van der Waals surface area contributed by atoms with Crippen LogP contribution < -0.4 is 10.1 Å². The van der Waals surface area contributed by atoms with E-state index in [-0.39, 0.29) is 18.1 Å². The largest absolute Gasteiger partial charge is 0.497 e. The Morgan fingerprint density at radius 1 is 1.33 bits per heavy atom. The highest BCUT2D eigenvalue weighted by atomic mass is 16.5. The Kier molecular flexibility index (Phi) is 5.63. The van der Waals surface area contributed by atoms with E-state index in [9.17, 15) is 5.11 Å². The third-order valence-electron chi connectivity index (χ3n) is 2.81. The van der Waals surface area contributed by atoms with Gasteiger partial charge in [0.05, 0.1) is 13.7 Å². The maximum Gasteiger partial charge on any atom is 0.119 e. The van der Waals surface area contributed by atoms with Crippen LogP contribution in [0.15, 0.2) is 24.3 Å². The van der Waals surface area contributed by atoms with E-state index < -0.39 is 0 Å². The summed E-state index contributed by atoms with van der Waals surface area (Å²) in [5.41, 5.74) is 1.39. The SMILES string of the molecule is COc1cccc(CNC(CO)CC(C)(C)C)c1. The van der Waals surface area contributed by atoms with Gasteiger partial charge >= 0.3 is 0 Å². The molecule has 3 heteroatoms. The number of nitrogens with one attached hydrogen (secondary N) is 1. The van der Waals surface area contributed by atoms with Crippen molar-refractivity contribution in [3.05, 3.63) is 29.8 Å². The van der Waals surface area contributed by atoms with Gasteiger partial charge in [0.2, 0.25) is 0 Å². The van der Waals surface area contributed by atoms with Gasteiger partial charge in [-0.3, -0.25) is 0 Å². The van der Waals surface area contributed by atoms with Crippen LogP contribution in [0.4, 0.5) is 0 Å². The van der Waals surface area contributed by atoms with E-state index in [1.54, 1.807) is 7.11 Å². The summed E-state index contributed by atoms with van der Waals surface area (Å²) in [6, 6.07) is 8.12. The van der Waals surface area contributed by atoms with Crippen molar-refractivity contribution in [2.45, 2.75) is 39.8 Å². The van der Waals surface area contributed by atoms with Crippen molar-refractivity contribution < 1.29 is 9.84 Å². The molecule has 0 amide bonds. The van der Waals surface area contributed by atoms with Crippen molar-refractivity contribution in [1.29, 1.82) is 0 Å². The second-order valence-corrected chi connectivity index (χ2v) is 5.88.